The number of carbonyl (C=O) groups is 1. The number of carbonyl (C=O) groups excluding carboxylic acids is 1. The van der Waals surface area contributed by atoms with Crippen molar-refractivity contribution < 1.29 is 4.79 Å². The Morgan fingerprint density at radius 3 is 3.00 bits per heavy atom. The molecule has 1 heterocycles. The van der Waals surface area contributed by atoms with Crippen molar-refractivity contribution in [3.8, 4) is 0 Å². The summed E-state index contributed by atoms with van der Waals surface area (Å²) in [6.07, 6.45) is 0.952. The Morgan fingerprint density at radius 1 is 1.53 bits per heavy atom. The van der Waals surface area contributed by atoms with Gasteiger partial charge in [0.2, 0.25) is 0 Å². The van der Waals surface area contributed by atoms with Crippen LogP contribution in [0.15, 0.2) is 18.2 Å². The van der Waals surface area contributed by atoms with Crippen LogP contribution >= 0.6 is 0 Å². The Kier molecular flexibility index (Phi) is 2.73. The number of benzene rings is 1. The maximum Gasteiger partial charge on any atom is 0.251 e. The van der Waals surface area contributed by atoms with Crippen molar-refractivity contribution in [3.63, 3.8) is 0 Å². The van der Waals surface area contributed by atoms with Crippen molar-refractivity contribution in [2.45, 2.75) is 19.3 Å². The van der Waals surface area contributed by atoms with Crippen LogP contribution in [-0.2, 0) is 6.42 Å². The second-order valence-electron chi connectivity index (χ2n) is 3.92. The quantitative estimate of drug-likeness (QED) is 0.756. The Labute approximate surface area is 89.7 Å². The predicted molar refractivity (Wildman–Crippen MR) is 59.9 cm³/mol. The van der Waals surface area contributed by atoms with Gasteiger partial charge in [0.05, 0.1) is 0 Å². The van der Waals surface area contributed by atoms with E-state index in [0.29, 0.717) is 13.1 Å². The summed E-state index contributed by atoms with van der Waals surface area (Å²) in [6, 6.07) is 6.11. The largest absolute Gasteiger partial charge is 0.351 e. The molecule has 1 amide bonds. The van der Waals surface area contributed by atoms with Gasteiger partial charge in [-0.2, -0.15) is 0 Å². The van der Waals surface area contributed by atoms with E-state index in [1.54, 1.807) is 0 Å². The summed E-state index contributed by atoms with van der Waals surface area (Å²) in [7, 11) is 0. The number of fused-ring (bicyclic) bond motifs is 1. The van der Waals surface area contributed by atoms with E-state index in [1.165, 1.54) is 5.56 Å². The average molecular weight is 204 g/mol. The molecule has 3 nitrogen and oxygen atoms in total. The number of nitrogens with two attached hydrogens (primary N) is 1. The molecule has 1 aliphatic heterocycles. The van der Waals surface area contributed by atoms with E-state index < -0.39 is 0 Å². The number of aryl methyl sites for hydroxylation is 1. The zero-order valence-corrected chi connectivity index (χ0v) is 8.92. The van der Waals surface area contributed by atoms with E-state index in [2.05, 4.69) is 18.3 Å². The number of nitrogens with one attached hydrogen (secondary N) is 1. The molecule has 1 atom stereocenters. The Morgan fingerprint density at radius 2 is 2.33 bits per heavy atom. The van der Waals surface area contributed by atoms with Gasteiger partial charge < -0.3 is 11.1 Å². The number of hydrogen-bond donors (Lipinski definition) is 2. The summed E-state index contributed by atoms with van der Waals surface area (Å²) in [5.74, 6) is 0.300. The number of hydrogen-bond acceptors (Lipinski definition) is 2. The molecule has 1 unspecified atom stereocenters. The van der Waals surface area contributed by atoms with Crippen LogP contribution in [0.5, 0.6) is 0 Å². The van der Waals surface area contributed by atoms with Crippen LogP contribution in [0.2, 0.25) is 0 Å². The second kappa shape index (κ2) is 4.03. The highest BCUT2D eigenvalue weighted by Crippen LogP contribution is 2.24. The molecular weight excluding hydrogens is 188 g/mol. The zero-order valence-electron chi connectivity index (χ0n) is 8.92. The van der Waals surface area contributed by atoms with Gasteiger partial charge in [-0.25, -0.2) is 0 Å². The zero-order chi connectivity index (χ0) is 10.8. The van der Waals surface area contributed by atoms with E-state index >= 15 is 0 Å². The molecule has 80 valence electrons. The lowest BCUT2D eigenvalue weighted by Crippen LogP contribution is -2.37. The third kappa shape index (κ3) is 1.75. The van der Waals surface area contributed by atoms with Crippen molar-refractivity contribution in [2.24, 2.45) is 5.73 Å². The molecule has 3 N–H and O–H groups in total. The Bertz CT molecular complexity index is 387. The molecule has 3 heteroatoms. The third-order valence-corrected chi connectivity index (χ3v) is 3.00. The normalized spacial score (nSPS) is 19.6. The van der Waals surface area contributed by atoms with Crippen molar-refractivity contribution in [1.29, 1.82) is 0 Å². The Hall–Kier alpha value is -1.35. The van der Waals surface area contributed by atoms with Crippen LogP contribution in [-0.4, -0.2) is 19.0 Å². The SMILES string of the molecule is CCc1ccc2c(c1)C(=O)NCC2CN. The van der Waals surface area contributed by atoms with Crippen molar-refractivity contribution in [3.05, 3.63) is 34.9 Å². The lowest BCUT2D eigenvalue weighted by molar-refractivity contribution is 0.0940. The minimum absolute atomic E-state index is 0.0324. The van der Waals surface area contributed by atoms with Gasteiger partial charge in [0.25, 0.3) is 5.91 Å². The van der Waals surface area contributed by atoms with Gasteiger partial charge in [0.15, 0.2) is 0 Å². The molecule has 0 bridgehead atoms. The van der Waals surface area contributed by atoms with Gasteiger partial charge >= 0.3 is 0 Å². The summed E-state index contributed by atoms with van der Waals surface area (Å²) in [4.78, 5) is 11.7. The highest BCUT2D eigenvalue weighted by molar-refractivity contribution is 5.97. The Balaban J connectivity index is 2.47. The molecule has 1 aliphatic rings. The summed E-state index contributed by atoms with van der Waals surface area (Å²) in [5, 5.41) is 2.87. The summed E-state index contributed by atoms with van der Waals surface area (Å²) in [5.41, 5.74) is 8.78. The molecule has 2 rings (SSSR count). The van der Waals surface area contributed by atoms with Crippen LogP contribution < -0.4 is 11.1 Å². The van der Waals surface area contributed by atoms with Crippen LogP contribution in [0.1, 0.15) is 34.3 Å². The molecule has 0 spiro atoms. The topological polar surface area (TPSA) is 55.1 Å². The van der Waals surface area contributed by atoms with Crippen molar-refractivity contribution in [1.82, 2.24) is 5.32 Å². The summed E-state index contributed by atoms with van der Waals surface area (Å²) >= 11 is 0. The minimum Gasteiger partial charge on any atom is -0.351 e. The first-order valence-corrected chi connectivity index (χ1v) is 5.37. The van der Waals surface area contributed by atoms with Crippen LogP contribution in [0.3, 0.4) is 0 Å². The molecular formula is C12H16N2O. The van der Waals surface area contributed by atoms with Gasteiger partial charge in [0, 0.05) is 24.6 Å². The van der Waals surface area contributed by atoms with Gasteiger partial charge in [-0.05, 0) is 23.6 Å². The van der Waals surface area contributed by atoms with Crippen molar-refractivity contribution in [2.75, 3.05) is 13.1 Å². The monoisotopic (exact) mass is 204 g/mol. The number of rotatable bonds is 2. The molecule has 15 heavy (non-hydrogen) atoms. The first-order chi connectivity index (χ1) is 7.26. The predicted octanol–water partition coefficient (Wildman–Crippen LogP) is 1.03. The molecule has 0 saturated heterocycles. The first-order valence-electron chi connectivity index (χ1n) is 5.37. The van der Waals surface area contributed by atoms with Crippen molar-refractivity contribution >= 4 is 5.91 Å². The molecule has 1 aromatic rings. The van der Waals surface area contributed by atoms with E-state index in [9.17, 15) is 4.79 Å². The average Bonchev–Trinajstić information content (AvgIpc) is 2.29. The van der Waals surface area contributed by atoms with E-state index in [-0.39, 0.29) is 11.8 Å². The van der Waals surface area contributed by atoms with Crippen LogP contribution in [0.25, 0.3) is 0 Å². The highest BCUT2D eigenvalue weighted by atomic mass is 16.1. The molecule has 0 aliphatic carbocycles. The fourth-order valence-corrected chi connectivity index (χ4v) is 2.01. The third-order valence-electron chi connectivity index (χ3n) is 3.00. The summed E-state index contributed by atoms with van der Waals surface area (Å²) < 4.78 is 0. The summed E-state index contributed by atoms with van der Waals surface area (Å²) in [6.45, 7) is 3.33. The number of amides is 1. The van der Waals surface area contributed by atoms with E-state index in [4.69, 9.17) is 5.73 Å². The van der Waals surface area contributed by atoms with Crippen LogP contribution in [0, 0.1) is 0 Å². The van der Waals surface area contributed by atoms with Gasteiger partial charge in [0.1, 0.15) is 0 Å². The van der Waals surface area contributed by atoms with Crippen LogP contribution in [0.4, 0.5) is 0 Å². The molecule has 0 saturated carbocycles. The van der Waals surface area contributed by atoms with Gasteiger partial charge in [-0.3, -0.25) is 4.79 Å². The van der Waals surface area contributed by atoms with E-state index in [0.717, 1.165) is 17.5 Å². The molecule has 0 aromatic heterocycles. The molecule has 0 radical (unpaired) electrons. The van der Waals surface area contributed by atoms with Gasteiger partial charge in [-0.15, -0.1) is 0 Å². The second-order valence-corrected chi connectivity index (χ2v) is 3.92. The smallest absolute Gasteiger partial charge is 0.251 e. The lowest BCUT2D eigenvalue weighted by atomic mass is 9.89. The fourth-order valence-electron chi connectivity index (χ4n) is 2.01. The standard InChI is InChI=1S/C12H16N2O/c1-2-8-3-4-10-9(6-13)7-14-12(15)11(10)5-8/h3-5,9H,2,6-7,13H2,1H3,(H,14,15). The lowest BCUT2D eigenvalue weighted by Gasteiger charge is -2.25. The highest BCUT2D eigenvalue weighted by Gasteiger charge is 2.23. The minimum atomic E-state index is 0.0324. The molecule has 0 fully saturated rings. The van der Waals surface area contributed by atoms with Gasteiger partial charge in [-0.1, -0.05) is 19.1 Å². The maximum absolute atomic E-state index is 11.7. The van der Waals surface area contributed by atoms with E-state index in [1.807, 2.05) is 12.1 Å². The maximum atomic E-state index is 11.7. The molecule has 1 aromatic carbocycles. The fraction of sp³-hybridized carbons (Fsp3) is 0.417. The first kappa shape index (κ1) is 10.2.